The molecule has 0 spiro atoms. The van der Waals surface area contributed by atoms with Crippen LogP contribution in [0.15, 0.2) is 30.3 Å². The Bertz CT molecular complexity index is 853. The lowest BCUT2D eigenvalue weighted by Crippen LogP contribution is -2.39. The summed E-state index contributed by atoms with van der Waals surface area (Å²) in [7, 11) is 3.11. The number of hydrogen-bond donors (Lipinski definition) is 4. The molecule has 1 aliphatic rings. The van der Waals surface area contributed by atoms with Gasteiger partial charge in [0.1, 0.15) is 23.3 Å². The van der Waals surface area contributed by atoms with Gasteiger partial charge in [-0.05, 0) is 38.0 Å². The predicted molar refractivity (Wildman–Crippen MR) is 103 cm³/mol. The molecule has 3 rings (SSSR count). The van der Waals surface area contributed by atoms with Crippen molar-refractivity contribution in [2.24, 2.45) is 0 Å². The molecule has 7 heteroatoms. The van der Waals surface area contributed by atoms with E-state index < -0.39 is 6.04 Å². The molecule has 1 amide bonds. The van der Waals surface area contributed by atoms with Crippen molar-refractivity contribution < 1.29 is 19.4 Å². The molecule has 0 radical (unpaired) electrons. The fourth-order valence-corrected chi connectivity index (χ4v) is 3.31. The number of aromatic hydroxyl groups is 1. The third-order valence-electron chi connectivity index (χ3n) is 4.74. The van der Waals surface area contributed by atoms with Crippen molar-refractivity contribution in [3.8, 4) is 17.2 Å². The van der Waals surface area contributed by atoms with E-state index in [9.17, 15) is 9.90 Å². The fourth-order valence-electron chi connectivity index (χ4n) is 3.31. The molecule has 2 atom stereocenters. The summed E-state index contributed by atoms with van der Waals surface area (Å²) >= 11 is 0. The number of hydrogen-bond acceptors (Lipinski definition) is 6. The maximum absolute atomic E-state index is 12.7. The van der Waals surface area contributed by atoms with Gasteiger partial charge in [-0.25, -0.2) is 10.9 Å². The van der Waals surface area contributed by atoms with Crippen molar-refractivity contribution in [3.63, 3.8) is 0 Å². The second-order valence-electron chi connectivity index (χ2n) is 6.70. The van der Waals surface area contributed by atoms with Crippen LogP contribution in [0, 0.1) is 13.8 Å². The standard InChI is InChI=1S/C20H25N3O4/c1-11-7-12(2)19(24)14(8-11)16-10-17(23-22-16)20(25)21-15-6-5-13(26-3)9-18(15)27-4/h5-9,16-17,22-24H,10H2,1-4H3,(H,21,25). The summed E-state index contributed by atoms with van der Waals surface area (Å²) in [5.41, 5.74) is 9.37. The van der Waals surface area contributed by atoms with Crippen LogP contribution in [0.25, 0.3) is 0 Å². The van der Waals surface area contributed by atoms with Gasteiger partial charge in [-0.15, -0.1) is 0 Å². The summed E-state index contributed by atoms with van der Waals surface area (Å²) in [6.07, 6.45) is 0.515. The molecule has 1 saturated heterocycles. The molecule has 1 fully saturated rings. The zero-order valence-electron chi connectivity index (χ0n) is 15.9. The predicted octanol–water partition coefficient (Wildman–Crippen LogP) is 2.57. The van der Waals surface area contributed by atoms with E-state index in [0.29, 0.717) is 23.6 Å². The van der Waals surface area contributed by atoms with Gasteiger partial charge < -0.3 is 19.9 Å². The maximum atomic E-state index is 12.7. The number of anilines is 1. The fraction of sp³-hybridized carbons (Fsp3) is 0.350. The Hall–Kier alpha value is -2.77. The van der Waals surface area contributed by atoms with Gasteiger partial charge >= 0.3 is 0 Å². The molecule has 4 N–H and O–H groups in total. The number of aryl methyl sites for hydroxylation is 2. The number of carbonyl (C=O) groups excluding carboxylic acids is 1. The lowest BCUT2D eigenvalue weighted by atomic mass is 9.96. The van der Waals surface area contributed by atoms with Crippen molar-refractivity contribution in [2.45, 2.75) is 32.4 Å². The highest BCUT2D eigenvalue weighted by molar-refractivity contribution is 5.96. The number of carbonyl (C=O) groups is 1. The first-order valence-electron chi connectivity index (χ1n) is 8.77. The summed E-state index contributed by atoms with van der Waals surface area (Å²) < 4.78 is 10.5. The number of hydrazine groups is 1. The molecule has 7 nitrogen and oxygen atoms in total. The van der Waals surface area contributed by atoms with Crippen molar-refractivity contribution >= 4 is 11.6 Å². The molecule has 1 heterocycles. The number of phenolic OH excluding ortho intramolecular Hbond substituents is 1. The van der Waals surface area contributed by atoms with E-state index in [1.807, 2.05) is 26.0 Å². The van der Waals surface area contributed by atoms with Gasteiger partial charge in [0.05, 0.1) is 25.9 Å². The van der Waals surface area contributed by atoms with E-state index in [0.717, 1.165) is 16.7 Å². The number of benzene rings is 2. The molecular formula is C20H25N3O4. The van der Waals surface area contributed by atoms with Crippen molar-refractivity contribution in [2.75, 3.05) is 19.5 Å². The molecule has 27 heavy (non-hydrogen) atoms. The molecule has 2 aromatic rings. The Morgan fingerprint density at radius 3 is 2.63 bits per heavy atom. The van der Waals surface area contributed by atoms with Crippen molar-refractivity contribution in [1.82, 2.24) is 10.9 Å². The maximum Gasteiger partial charge on any atom is 0.243 e. The van der Waals surface area contributed by atoms with Gasteiger partial charge in [0.2, 0.25) is 5.91 Å². The third kappa shape index (κ3) is 3.99. The van der Waals surface area contributed by atoms with Crippen molar-refractivity contribution in [1.29, 1.82) is 0 Å². The molecule has 2 aromatic carbocycles. The largest absolute Gasteiger partial charge is 0.507 e. The van der Waals surface area contributed by atoms with Gasteiger partial charge in [0.15, 0.2) is 0 Å². The van der Waals surface area contributed by atoms with Crippen LogP contribution in [0.4, 0.5) is 5.69 Å². The normalized spacial score (nSPS) is 19.0. The quantitative estimate of drug-likeness (QED) is 0.646. The number of amides is 1. The van der Waals surface area contributed by atoms with Crippen LogP contribution in [0.2, 0.25) is 0 Å². The highest BCUT2D eigenvalue weighted by Crippen LogP contribution is 2.34. The molecule has 1 aliphatic heterocycles. The lowest BCUT2D eigenvalue weighted by Gasteiger charge is -2.15. The average Bonchev–Trinajstić information content (AvgIpc) is 3.15. The van der Waals surface area contributed by atoms with Crippen LogP contribution >= 0.6 is 0 Å². The van der Waals surface area contributed by atoms with Gasteiger partial charge in [-0.2, -0.15) is 0 Å². The number of rotatable bonds is 5. The topological polar surface area (TPSA) is 91.9 Å². The van der Waals surface area contributed by atoms with Crippen LogP contribution < -0.4 is 25.6 Å². The molecule has 0 saturated carbocycles. The van der Waals surface area contributed by atoms with Gasteiger partial charge in [0, 0.05) is 11.6 Å². The van der Waals surface area contributed by atoms with Crippen LogP contribution in [-0.4, -0.2) is 31.3 Å². The summed E-state index contributed by atoms with van der Waals surface area (Å²) in [5.74, 6) is 1.25. The summed E-state index contributed by atoms with van der Waals surface area (Å²) in [4.78, 5) is 12.7. The Morgan fingerprint density at radius 1 is 1.15 bits per heavy atom. The lowest BCUT2D eigenvalue weighted by molar-refractivity contribution is -0.117. The monoisotopic (exact) mass is 371 g/mol. The average molecular weight is 371 g/mol. The Morgan fingerprint density at radius 2 is 1.93 bits per heavy atom. The van der Waals surface area contributed by atoms with E-state index in [1.165, 1.54) is 0 Å². The minimum Gasteiger partial charge on any atom is -0.507 e. The number of methoxy groups -OCH3 is 2. The van der Waals surface area contributed by atoms with E-state index in [4.69, 9.17) is 9.47 Å². The summed E-state index contributed by atoms with van der Waals surface area (Å²) in [6, 6.07) is 8.49. The number of nitrogens with one attached hydrogen (secondary N) is 3. The minimum absolute atomic E-state index is 0.155. The van der Waals surface area contributed by atoms with E-state index in [1.54, 1.807) is 32.4 Å². The zero-order chi connectivity index (χ0) is 19.6. The number of phenols is 1. The van der Waals surface area contributed by atoms with Crippen molar-refractivity contribution in [3.05, 3.63) is 47.0 Å². The van der Waals surface area contributed by atoms with E-state index in [-0.39, 0.29) is 17.7 Å². The third-order valence-corrected chi connectivity index (χ3v) is 4.74. The van der Waals surface area contributed by atoms with Crippen LogP contribution in [0.1, 0.15) is 29.2 Å². The Kier molecular flexibility index (Phi) is 5.53. The smallest absolute Gasteiger partial charge is 0.243 e. The number of ether oxygens (including phenoxy) is 2. The SMILES string of the molecule is COc1ccc(NC(=O)C2CC(c3cc(C)cc(C)c3O)NN2)c(OC)c1. The Balaban J connectivity index is 1.72. The van der Waals surface area contributed by atoms with Gasteiger partial charge in [-0.3, -0.25) is 4.79 Å². The van der Waals surface area contributed by atoms with Crippen LogP contribution in [-0.2, 0) is 4.79 Å². The molecule has 0 bridgehead atoms. The Labute approximate surface area is 158 Å². The first-order valence-corrected chi connectivity index (χ1v) is 8.77. The molecule has 0 aromatic heterocycles. The van der Waals surface area contributed by atoms with Gasteiger partial charge in [-0.1, -0.05) is 17.7 Å². The van der Waals surface area contributed by atoms with E-state index >= 15 is 0 Å². The zero-order valence-corrected chi connectivity index (χ0v) is 15.9. The van der Waals surface area contributed by atoms with Crippen LogP contribution in [0.5, 0.6) is 17.2 Å². The first-order chi connectivity index (χ1) is 12.9. The van der Waals surface area contributed by atoms with E-state index in [2.05, 4.69) is 16.2 Å². The molecular weight excluding hydrogens is 346 g/mol. The molecule has 2 unspecified atom stereocenters. The highest BCUT2D eigenvalue weighted by Gasteiger charge is 2.32. The summed E-state index contributed by atoms with van der Waals surface area (Å²) in [5, 5.41) is 13.2. The second-order valence-corrected chi connectivity index (χ2v) is 6.70. The summed E-state index contributed by atoms with van der Waals surface area (Å²) in [6.45, 7) is 3.85. The first kappa shape index (κ1) is 19.0. The molecule has 144 valence electrons. The minimum atomic E-state index is -0.443. The second kappa shape index (κ2) is 7.85. The van der Waals surface area contributed by atoms with Gasteiger partial charge in [0.25, 0.3) is 0 Å². The van der Waals surface area contributed by atoms with Crippen LogP contribution in [0.3, 0.4) is 0 Å². The molecule has 0 aliphatic carbocycles. The highest BCUT2D eigenvalue weighted by atomic mass is 16.5.